The van der Waals surface area contributed by atoms with Crippen LogP contribution in [0.5, 0.6) is 17.2 Å². The molecule has 1 atom stereocenters. The topological polar surface area (TPSA) is 94.1 Å². The van der Waals surface area contributed by atoms with Gasteiger partial charge < -0.3 is 24.6 Å². The van der Waals surface area contributed by atoms with Gasteiger partial charge in [0.2, 0.25) is 6.79 Å². The Labute approximate surface area is 121 Å². The summed E-state index contributed by atoms with van der Waals surface area (Å²) in [4.78, 5) is 23.1. The van der Waals surface area contributed by atoms with Crippen molar-refractivity contribution in [1.82, 2.24) is 5.32 Å². The smallest absolute Gasteiger partial charge is 0.339 e. The van der Waals surface area contributed by atoms with Gasteiger partial charge in [0.25, 0.3) is 5.91 Å². The summed E-state index contributed by atoms with van der Waals surface area (Å²) < 4.78 is 15.8. The largest absolute Gasteiger partial charge is 0.480 e. The zero-order valence-electron chi connectivity index (χ0n) is 12.0. The minimum atomic E-state index is -1.17. The van der Waals surface area contributed by atoms with E-state index in [0.29, 0.717) is 11.5 Å². The number of carbonyl (C=O) groups is 2. The Kier molecular flexibility index (Phi) is 4.21. The molecule has 0 bridgehead atoms. The molecule has 7 heteroatoms. The molecule has 0 aromatic heterocycles. The van der Waals surface area contributed by atoms with Gasteiger partial charge in [-0.3, -0.25) is 4.79 Å². The van der Waals surface area contributed by atoms with Crippen molar-refractivity contribution in [2.45, 2.75) is 32.9 Å². The predicted molar refractivity (Wildman–Crippen MR) is 72.9 cm³/mol. The summed E-state index contributed by atoms with van der Waals surface area (Å²) in [7, 11) is 0. The second kappa shape index (κ2) is 5.90. The summed E-state index contributed by atoms with van der Waals surface area (Å²) >= 11 is 0. The van der Waals surface area contributed by atoms with E-state index < -0.39 is 12.1 Å². The molecule has 1 amide bonds. The number of amides is 1. The van der Waals surface area contributed by atoms with E-state index in [1.807, 2.05) is 13.8 Å². The summed E-state index contributed by atoms with van der Waals surface area (Å²) in [5.41, 5.74) is -0.0801. The third-order valence-corrected chi connectivity index (χ3v) is 2.81. The van der Waals surface area contributed by atoms with Crippen LogP contribution < -0.4 is 19.5 Å². The number of rotatable bonds is 5. The van der Waals surface area contributed by atoms with Crippen LogP contribution in [0, 0.1) is 0 Å². The molecule has 7 nitrogen and oxygen atoms in total. The van der Waals surface area contributed by atoms with Gasteiger partial charge in [-0.05, 0) is 20.8 Å². The highest BCUT2D eigenvalue weighted by Gasteiger charge is 2.24. The van der Waals surface area contributed by atoms with E-state index in [0.717, 1.165) is 0 Å². The number of carboxylic acids is 1. The molecule has 1 aliphatic rings. The maximum atomic E-state index is 11.8. The van der Waals surface area contributed by atoms with Crippen LogP contribution in [0.15, 0.2) is 12.1 Å². The number of carboxylic acid groups (broad SMARTS) is 1. The lowest BCUT2D eigenvalue weighted by atomic mass is 10.1. The van der Waals surface area contributed by atoms with E-state index in [9.17, 15) is 14.7 Å². The van der Waals surface area contributed by atoms with E-state index in [-0.39, 0.29) is 30.1 Å². The van der Waals surface area contributed by atoms with Crippen LogP contribution in [0.2, 0.25) is 0 Å². The molecule has 0 radical (unpaired) electrons. The van der Waals surface area contributed by atoms with Crippen molar-refractivity contribution in [1.29, 1.82) is 0 Å². The van der Waals surface area contributed by atoms with Gasteiger partial charge in [-0.15, -0.1) is 0 Å². The second-order valence-corrected chi connectivity index (χ2v) is 4.93. The van der Waals surface area contributed by atoms with Gasteiger partial charge in [0.15, 0.2) is 17.6 Å². The zero-order chi connectivity index (χ0) is 15.6. The van der Waals surface area contributed by atoms with E-state index in [4.69, 9.17) is 14.2 Å². The van der Waals surface area contributed by atoms with Gasteiger partial charge in [0.1, 0.15) is 11.3 Å². The van der Waals surface area contributed by atoms with E-state index >= 15 is 0 Å². The van der Waals surface area contributed by atoms with Gasteiger partial charge in [-0.25, -0.2) is 4.79 Å². The fraction of sp³-hybridized carbons (Fsp3) is 0.429. The highest BCUT2D eigenvalue weighted by atomic mass is 16.7. The molecule has 1 aromatic rings. The third-order valence-electron chi connectivity index (χ3n) is 2.81. The lowest BCUT2D eigenvalue weighted by Crippen LogP contribution is -2.40. The molecule has 1 unspecified atom stereocenters. The Morgan fingerprint density at radius 2 is 1.86 bits per heavy atom. The van der Waals surface area contributed by atoms with Crippen molar-refractivity contribution in [2.24, 2.45) is 0 Å². The normalized spacial score (nSPS) is 13.9. The van der Waals surface area contributed by atoms with E-state index in [2.05, 4.69) is 5.32 Å². The third kappa shape index (κ3) is 3.36. The van der Waals surface area contributed by atoms with Crippen LogP contribution in [0.3, 0.4) is 0 Å². The van der Waals surface area contributed by atoms with Crippen molar-refractivity contribution in [3.63, 3.8) is 0 Å². The molecule has 0 spiro atoms. The number of hydrogen-bond donors (Lipinski definition) is 2. The summed E-state index contributed by atoms with van der Waals surface area (Å²) in [5, 5.41) is 11.9. The molecular weight excluding hydrogens is 278 g/mol. The lowest BCUT2D eigenvalue weighted by molar-refractivity contribution is -0.127. The fourth-order valence-electron chi connectivity index (χ4n) is 1.83. The van der Waals surface area contributed by atoms with Gasteiger partial charge in [-0.2, -0.15) is 0 Å². The number of aromatic carboxylic acids is 1. The summed E-state index contributed by atoms with van der Waals surface area (Å²) in [6.45, 7) is 5.23. The first-order valence-electron chi connectivity index (χ1n) is 6.52. The number of carbonyl (C=O) groups excluding carboxylic acids is 1. The molecule has 0 aliphatic carbocycles. The maximum absolute atomic E-state index is 11.8. The lowest BCUT2D eigenvalue weighted by Gasteiger charge is -2.17. The minimum Gasteiger partial charge on any atom is -0.480 e. The number of benzene rings is 1. The molecule has 1 aromatic carbocycles. The highest BCUT2D eigenvalue weighted by Crippen LogP contribution is 2.38. The SMILES string of the molecule is CC(C)NC(=O)C(C)Oc1cc2c(cc1C(=O)O)OCO2. The van der Waals surface area contributed by atoms with Gasteiger partial charge >= 0.3 is 5.97 Å². The van der Waals surface area contributed by atoms with Crippen molar-refractivity contribution in [3.8, 4) is 17.2 Å². The maximum Gasteiger partial charge on any atom is 0.339 e. The molecule has 114 valence electrons. The molecule has 0 fully saturated rings. The highest BCUT2D eigenvalue weighted by molar-refractivity contribution is 5.92. The van der Waals surface area contributed by atoms with Gasteiger partial charge in [0.05, 0.1) is 0 Å². The monoisotopic (exact) mass is 295 g/mol. The average Bonchev–Trinajstić information content (AvgIpc) is 2.83. The predicted octanol–water partition coefficient (Wildman–Crippen LogP) is 1.41. The molecular formula is C14H17NO6. The number of ether oxygens (including phenoxy) is 3. The molecule has 1 heterocycles. The Bertz CT molecular complexity index is 569. The summed E-state index contributed by atoms with van der Waals surface area (Å²) in [5.74, 6) is -0.678. The van der Waals surface area contributed by atoms with E-state index in [1.54, 1.807) is 6.92 Å². The molecule has 2 N–H and O–H groups in total. The summed E-state index contributed by atoms with van der Waals surface area (Å²) in [6.07, 6.45) is -0.828. The first kappa shape index (κ1) is 15.0. The molecule has 0 saturated carbocycles. The van der Waals surface area contributed by atoms with Gasteiger partial charge in [0, 0.05) is 18.2 Å². The van der Waals surface area contributed by atoms with Crippen LogP contribution in [0.4, 0.5) is 0 Å². The van der Waals surface area contributed by atoms with Crippen LogP contribution in [-0.2, 0) is 4.79 Å². The standard InChI is InChI=1S/C14H17NO6/c1-7(2)15-13(16)8(3)21-10-5-12-11(19-6-20-12)4-9(10)14(17)18/h4-5,7-8H,6H2,1-3H3,(H,15,16)(H,17,18). The molecule has 1 aliphatic heterocycles. The van der Waals surface area contributed by atoms with Crippen LogP contribution in [-0.4, -0.2) is 35.9 Å². The number of hydrogen-bond acceptors (Lipinski definition) is 5. The van der Waals surface area contributed by atoms with Crippen LogP contribution in [0.1, 0.15) is 31.1 Å². The number of fused-ring (bicyclic) bond motifs is 1. The Balaban J connectivity index is 2.22. The average molecular weight is 295 g/mol. The second-order valence-electron chi connectivity index (χ2n) is 4.93. The quantitative estimate of drug-likeness (QED) is 0.853. The first-order valence-corrected chi connectivity index (χ1v) is 6.52. The van der Waals surface area contributed by atoms with Crippen molar-refractivity contribution < 1.29 is 28.9 Å². The van der Waals surface area contributed by atoms with Gasteiger partial charge in [-0.1, -0.05) is 0 Å². The zero-order valence-corrected chi connectivity index (χ0v) is 12.0. The van der Waals surface area contributed by atoms with E-state index in [1.165, 1.54) is 12.1 Å². The molecule has 2 rings (SSSR count). The Morgan fingerprint density at radius 1 is 1.24 bits per heavy atom. The molecule has 21 heavy (non-hydrogen) atoms. The minimum absolute atomic E-state index is 0.0285. The summed E-state index contributed by atoms with van der Waals surface area (Å²) in [6, 6.07) is 2.72. The Morgan fingerprint density at radius 3 is 2.43 bits per heavy atom. The Hall–Kier alpha value is -2.44. The number of nitrogens with one attached hydrogen (secondary N) is 1. The van der Waals surface area contributed by atoms with Crippen molar-refractivity contribution >= 4 is 11.9 Å². The van der Waals surface area contributed by atoms with Crippen LogP contribution in [0.25, 0.3) is 0 Å². The molecule has 0 saturated heterocycles. The van der Waals surface area contributed by atoms with Crippen molar-refractivity contribution in [3.05, 3.63) is 17.7 Å². The fourth-order valence-corrected chi connectivity index (χ4v) is 1.83. The van der Waals surface area contributed by atoms with Crippen LogP contribution >= 0.6 is 0 Å². The van der Waals surface area contributed by atoms with Crippen molar-refractivity contribution in [2.75, 3.05) is 6.79 Å². The first-order chi connectivity index (χ1) is 9.88.